The smallest absolute Gasteiger partial charge is 0.420 e. The Balaban J connectivity index is 1.30. The Labute approximate surface area is 210 Å². The molecule has 0 bridgehead atoms. The summed E-state index contributed by atoms with van der Waals surface area (Å²) in [5.41, 5.74) is -0.596. The summed E-state index contributed by atoms with van der Waals surface area (Å²) in [6, 6.07) is 8.92. The first kappa shape index (κ1) is 24.1. The fourth-order valence-electron chi connectivity index (χ4n) is 4.31. The summed E-state index contributed by atoms with van der Waals surface area (Å²) in [5.74, 6) is -0.644. The van der Waals surface area contributed by atoms with Crippen LogP contribution in [-0.4, -0.2) is 51.5 Å². The van der Waals surface area contributed by atoms with Gasteiger partial charge >= 0.3 is 5.57 Å². The molecule has 0 saturated carbocycles. The van der Waals surface area contributed by atoms with E-state index in [0.29, 0.717) is 42.1 Å². The normalized spacial score (nSPS) is 16.1. The summed E-state index contributed by atoms with van der Waals surface area (Å²) in [6.45, 7) is 1.77. The number of carbonyl (C=O) groups is 2. The van der Waals surface area contributed by atoms with E-state index in [4.69, 9.17) is 16.3 Å². The maximum atomic E-state index is 13.1. The standard InChI is InChI=1S/C25H21ClF2N4O4/c26-25(27,28)36-20-3-1-18(2-4-20)31-23(33)17-9-15(11-29-12-17)16-10-21-22(30-13-16)14-32(24(21)34)19-5-7-35-8-6-19/h1-4,9-13,19H,5-8,14H2,(H,31,33). The van der Waals surface area contributed by atoms with Crippen molar-refractivity contribution in [3.8, 4) is 16.9 Å². The Morgan fingerprint density at radius 3 is 2.56 bits per heavy atom. The zero-order valence-corrected chi connectivity index (χ0v) is 19.7. The van der Waals surface area contributed by atoms with Gasteiger partial charge in [0.25, 0.3) is 11.8 Å². The lowest BCUT2D eigenvalue weighted by Crippen LogP contribution is -2.39. The van der Waals surface area contributed by atoms with Crippen LogP contribution in [0.4, 0.5) is 14.5 Å². The maximum Gasteiger partial charge on any atom is 0.487 e. The molecule has 3 aromatic rings. The number of carbonyl (C=O) groups excluding carboxylic acids is 2. The van der Waals surface area contributed by atoms with Gasteiger partial charge in [-0.15, -0.1) is 8.78 Å². The molecule has 1 fully saturated rings. The van der Waals surface area contributed by atoms with E-state index in [1.807, 2.05) is 4.90 Å². The number of ether oxygens (including phenoxy) is 2. The molecular weight excluding hydrogens is 494 g/mol. The van der Waals surface area contributed by atoms with Crippen LogP contribution in [0, 0.1) is 0 Å². The monoisotopic (exact) mass is 514 g/mol. The zero-order chi connectivity index (χ0) is 25.3. The van der Waals surface area contributed by atoms with Crippen molar-refractivity contribution in [3.05, 3.63) is 71.8 Å². The van der Waals surface area contributed by atoms with E-state index in [1.54, 1.807) is 24.5 Å². The number of alkyl halides is 3. The SMILES string of the molecule is O=C(Nc1ccc(OC(F)(F)Cl)cc1)c1cncc(-c2cnc3c(c2)C(=O)N(C2CCOCC2)C3)c1. The van der Waals surface area contributed by atoms with Crippen molar-refractivity contribution < 1.29 is 27.8 Å². The van der Waals surface area contributed by atoms with Crippen LogP contribution in [0.25, 0.3) is 11.1 Å². The molecule has 2 aliphatic rings. The Bertz CT molecular complexity index is 1290. The fourth-order valence-corrected chi connectivity index (χ4v) is 4.40. The fraction of sp³-hybridized carbons (Fsp3) is 0.280. The number of amides is 2. The summed E-state index contributed by atoms with van der Waals surface area (Å²) >= 11 is 4.76. The van der Waals surface area contributed by atoms with Crippen LogP contribution in [0.5, 0.6) is 5.75 Å². The van der Waals surface area contributed by atoms with Crippen molar-refractivity contribution >= 4 is 29.1 Å². The zero-order valence-electron chi connectivity index (χ0n) is 18.9. The number of hydrogen-bond donors (Lipinski definition) is 1. The number of halogens is 3. The number of aromatic nitrogens is 2. The average Bonchev–Trinajstić information content (AvgIpc) is 3.20. The van der Waals surface area contributed by atoms with Crippen LogP contribution >= 0.6 is 11.6 Å². The number of benzene rings is 1. The number of anilines is 1. The van der Waals surface area contributed by atoms with Gasteiger partial charge in [-0.05, 0) is 49.2 Å². The second kappa shape index (κ2) is 9.79. The number of fused-ring (bicyclic) bond motifs is 1. The summed E-state index contributed by atoms with van der Waals surface area (Å²) in [7, 11) is 0. The molecular formula is C25H21ClF2N4O4. The van der Waals surface area contributed by atoms with Gasteiger partial charge in [0, 0.05) is 66.3 Å². The third-order valence-electron chi connectivity index (χ3n) is 6.09. The van der Waals surface area contributed by atoms with Crippen LogP contribution in [0.2, 0.25) is 0 Å². The summed E-state index contributed by atoms with van der Waals surface area (Å²) < 4.78 is 35.2. The predicted octanol–water partition coefficient (Wildman–Crippen LogP) is 4.70. The third kappa shape index (κ3) is 5.29. The molecule has 0 radical (unpaired) electrons. The highest BCUT2D eigenvalue weighted by Gasteiger charge is 2.34. The van der Waals surface area contributed by atoms with Gasteiger partial charge in [0.15, 0.2) is 0 Å². The summed E-state index contributed by atoms with van der Waals surface area (Å²) in [6.07, 6.45) is 6.28. The second-order valence-corrected chi connectivity index (χ2v) is 8.92. The van der Waals surface area contributed by atoms with Gasteiger partial charge in [0.2, 0.25) is 0 Å². The van der Waals surface area contributed by atoms with Crippen LogP contribution in [0.15, 0.2) is 55.0 Å². The molecule has 2 amide bonds. The van der Waals surface area contributed by atoms with Gasteiger partial charge in [-0.25, -0.2) is 0 Å². The molecule has 1 aromatic carbocycles. The maximum absolute atomic E-state index is 13.1. The number of rotatable bonds is 6. The highest BCUT2D eigenvalue weighted by molar-refractivity contribution is 6.20. The van der Waals surface area contributed by atoms with Gasteiger partial charge in [0.05, 0.1) is 23.4 Å². The predicted molar refractivity (Wildman–Crippen MR) is 127 cm³/mol. The molecule has 5 rings (SSSR count). The van der Waals surface area contributed by atoms with Gasteiger partial charge in [-0.1, -0.05) is 0 Å². The quantitative estimate of drug-likeness (QED) is 0.479. The first-order chi connectivity index (χ1) is 17.3. The van der Waals surface area contributed by atoms with E-state index in [-0.39, 0.29) is 23.3 Å². The number of nitrogens with zero attached hydrogens (tertiary/aromatic N) is 3. The average molecular weight is 515 g/mol. The lowest BCUT2D eigenvalue weighted by atomic mass is 10.0. The molecule has 1 N–H and O–H groups in total. The van der Waals surface area contributed by atoms with E-state index >= 15 is 0 Å². The molecule has 2 aromatic heterocycles. The van der Waals surface area contributed by atoms with Crippen molar-refractivity contribution in [1.82, 2.24) is 14.9 Å². The molecule has 11 heteroatoms. The van der Waals surface area contributed by atoms with Crippen molar-refractivity contribution in [2.45, 2.75) is 31.0 Å². The Hall–Kier alpha value is -3.63. The summed E-state index contributed by atoms with van der Waals surface area (Å²) in [5, 5.41) is 2.68. The topological polar surface area (TPSA) is 93.7 Å². The van der Waals surface area contributed by atoms with Crippen molar-refractivity contribution in [2.24, 2.45) is 0 Å². The van der Waals surface area contributed by atoms with E-state index in [2.05, 4.69) is 20.0 Å². The minimum absolute atomic E-state index is 0.0486. The van der Waals surface area contributed by atoms with Crippen molar-refractivity contribution in [1.29, 1.82) is 0 Å². The van der Waals surface area contributed by atoms with Gasteiger partial charge in [0.1, 0.15) is 5.75 Å². The van der Waals surface area contributed by atoms with Crippen LogP contribution in [0.1, 0.15) is 39.3 Å². The molecule has 8 nitrogen and oxygen atoms in total. The van der Waals surface area contributed by atoms with Crippen molar-refractivity contribution in [3.63, 3.8) is 0 Å². The number of nitrogens with one attached hydrogen (secondary N) is 1. The Kier molecular flexibility index (Phi) is 6.55. The van der Waals surface area contributed by atoms with Gasteiger partial charge in [-0.2, -0.15) is 0 Å². The van der Waals surface area contributed by atoms with E-state index in [9.17, 15) is 18.4 Å². The molecule has 0 spiro atoms. The van der Waals surface area contributed by atoms with E-state index < -0.39 is 11.5 Å². The highest BCUT2D eigenvalue weighted by Crippen LogP contribution is 2.30. The minimum atomic E-state index is -3.82. The van der Waals surface area contributed by atoms with E-state index in [0.717, 1.165) is 18.5 Å². The number of hydrogen-bond acceptors (Lipinski definition) is 6. The third-order valence-corrected chi connectivity index (χ3v) is 6.17. The molecule has 36 heavy (non-hydrogen) atoms. The molecule has 0 unspecified atom stereocenters. The van der Waals surface area contributed by atoms with Gasteiger partial charge in [-0.3, -0.25) is 19.6 Å². The van der Waals surface area contributed by atoms with Crippen LogP contribution in [0.3, 0.4) is 0 Å². The molecule has 0 atom stereocenters. The molecule has 186 valence electrons. The molecule has 4 heterocycles. The van der Waals surface area contributed by atoms with Gasteiger partial charge < -0.3 is 19.7 Å². The lowest BCUT2D eigenvalue weighted by Gasteiger charge is -2.30. The van der Waals surface area contributed by atoms with Crippen molar-refractivity contribution in [2.75, 3.05) is 18.5 Å². The first-order valence-corrected chi connectivity index (χ1v) is 11.6. The Morgan fingerprint density at radius 2 is 1.83 bits per heavy atom. The Morgan fingerprint density at radius 1 is 1.11 bits per heavy atom. The molecule has 0 aliphatic carbocycles. The lowest BCUT2D eigenvalue weighted by molar-refractivity contribution is -0.0964. The second-order valence-electron chi connectivity index (χ2n) is 8.48. The van der Waals surface area contributed by atoms with Crippen LogP contribution < -0.4 is 10.1 Å². The largest absolute Gasteiger partial charge is 0.487 e. The highest BCUT2D eigenvalue weighted by atomic mass is 35.5. The molecule has 1 saturated heterocycles. The van der Waals surface area contributed by atoms with E-state index in [1.165, 1.54) is 30.5 Å². The molecule has 2 aliphatic heterocycles. The summed E-state index contributed by atoms with van der Waals surface area (Å²) in [4.78, 5) is 36.4. The first-order valence-electron chi connectivity index (χ1n) is 11.3. The number of pyridine rings is 2. The van der Waals surface area contributed by atoms with Crippen LogP contribution in [-0.2, 0) is 11.3 Å². The minimum Gasteiger partial charge on any atom is -0.420 e.